The van der Waals surface area contributed by atoms with E-state index < -0.39 is 35.1 Å². The van der Waals surface area contributed by atoms with Crippen LogP contribution in [0.15, 0.2) is 59.1 Å². The fourth-order valence-corrected chi connectivity index (χ4v) is 3.97. The van der Waals surface area contributed by atoms with Crippen LogP contribution in [-0.2, 0) is 22.4 Å². The Morgan fingerprint density at radius 2 is 1.81 bits per heavy atom. The Kier molecular flexibility index (Phi) is 7.16. The molecule has 0 amide bonds. The van der Waals surface area contributed by atoms with Crippen molar-refractivity contribution in [3.05, 3.63) is 75.4 Å². The van der Waals surface area contributed by atoms with Gasteiger partial charge in [0.1, 0.15) is 17.5 Å². The smallest absolute Gasteiger partial charge is 0.432 e. The molecule has 0 aliphatic heterocycles. The van der Waals surface area contributed by atoms with E-state index in [1.54, 1.807) is 48.5 Å². The summed E-state index contributed by atoms with van der Waals surface area (Å²) in [4.78, 5) is 12.4. The SMILES string of the molecule is CC(Oc1ccccc1)C(=O)OCn1c(-c2ccccc2Cl)c(C#N)c(Br)c1C(F)(F)F. The highest BCUT2D eigenvalue weighted by Gasteiger charge is 2.41. The van der Waals surface area contributed by atoms with Gasteiger partial charge in [-0.25, -0.2) is 4.79 Å². The van der Waals surface area contributed by atoms with Crippen LogP contribution in [0, 0.1) is 11.3 Å². The van der Waals surface area contributed by atoms with Gasteiger partial charge in [0.15, 0.2) is 12.8 Å². The second kappa shape index (κ2) is 9.67. The molecule has 166 valence electrons. The van der Waals surface area contributed by atoms with E-state index in [0.29, 0.717) is 10.3 Å². The van der Waals surface area contributed by atoms with Gasteiger partial charge in [-0.05, 0) is 41.1 Å². The molecule has 3 rings (SSSR count). The summed E-state index contributed by atoms with van der Waals surface area (Å²) in [5.74, 6) is -0.476. The lowest BCUT2D eigenvalue weighted by atomic mass is 10.1. The Labute approximate surface area is 195 Å². The predicted molar refractivity (Wildman–Crippen MR) is 115 cm³/mol. The molecule has 1 heterocycles. The highest BCUT2D eigenvalue weighted by Crippen LogP contribution is 2.44. The van der Waals surface area contributed by atoms with Crippen molar-refractivity contribution in [3.8, 4) is 23.1 Å². The van der Waals surface area contributed by atoms with Crippen LogP contribution >= 0.6 is 27.5 Å². The minimum atomic E-state index is -4.84. The van der Waals surface area contributed by atoms with Gasteiger partial charge in [-0.15, -0.1) is 0 Å². The second-order valence-electron chi connectivity index (χ2n) is 6.57. The number of alkyl halides is 3. The Bertz CT molecular complexity index is 1170. The molecule has 0 N–H and O–H groups in total. The monoisotopic (exact) mass is 526 g/mol. The molecule has 0 bridgehead atoms. The molecule has 0 aliphatic rings. The predicted octanol–water partition coefficient (Wildman–Crippen LogP) is 6.43. The summed E-state index contributed by atoms with van der Waals surface area (Å²) in [6, 6.07) is 16.3. The topological polar surface area (TPSA) is 64.2 Å². The first-order chi connectivity index (χ1) is 15.1. The first-order valence-electron chi connectivity index (χ1n) is 9.17. The molecule has 1 unspecified atom stereocenters. The second-order valence-corrected chi connectivity index (χ2v) is 7.77. The first kappa shape index (κ1) is 23.7. The van der Waals surface area contributed by atoms with E-state index in [2.05, 4.69) is 15.9 Å². The van der Waals surface area contributed by atoms with Crippen molar-refractivity contribution in [1.29, 1.82) is 5.26 Å². The number of carbonyl (C=O) groups is 1. The van der Waals surface area contributed by atoms with Gasteiger partial charge in [0.05, 0.1) is 15.7 Å². The summed E-state index contributed by atoms with van der Waals surface area (Å²) in [7, 11) is 0. The van der Waals surface area contributed by atoms with E-state index in [0.717, 1.165) is 0 Å². The zero-order valence-electron chi connectivity index (χ0n) is 16.5. The summed E-state index contributed by atoms with van der Waals surface area (Å²) in [6.07, 6.45) is -5.92. The van der Waals surface area contributed by atoms with E-state index in [9.17, 15) is 23.2 Å². The van der Waals surface area contributed by atoms with Crippen LogP contribution in [0.1, 0.15) is 18.2 Å². The third kappa shape index (κ3) is 4.92. The maximum Gasteiger partial charge on any atom is 0.432 e. The number of rotatable bonds is 6. The van der Waals surface area contributed by atoms with Crippen molar-refractivity contribution < 1.29 is 27.4 Å². The molecule has 3 aromatic rings. The third-order valence-electron chi connectivity index (χ3n) is 4.44. The molecule has 0 radical (unpaired) electrons. The summed E-state index contributed by atoms with van der Waals surface area (Å²) in [5, 5.41) is 9.69. The molecule has 0 saturated carbocycles. The maximum atomic E-state index is 13.9. The number of esters is 1. The molecule has 1 atom stereocenters. The van der Waals surface area contributed by atoms with E-state index in [1.807, 2.05) is 0 Å². The van der Waals surface area contributed by atoms with Crippen LogP contribution in [0.2, 0.25) is 5.02 Å². The molecule has 1 aromatic heterocycles. The van der Waals surface area contributed by atoms with Gasteiger partial charge >= 0.3 is 12.1 Å². The number of halogens is 5. The summed E-state index contributed by atoms with van der Waals surface area (Å²) in [6.45, 7) is 0.609. The molecule has 0 aliphatic carbocycles. The quantitative estimate of drug-likeness (QED) is 0.347. The Hall–Kier alpha value is -2.96. The third-order valence-corrected chi connectivity index (χ3v) is 5.54. The number of ether oxygens (including phenoxy) is 2. The average molecular weight is 528 g/mol. The van der Waals surface area contributed by atoms with Gasteiger partial charge in [-0.1, -0.05) is 48.0 Å². The first-order valence-corrected chi connectivity index (χ1v) is 10.3. The number of benzene rings is 2. The van der Waals surface area contributed by atoms with E-state index in [4.69, 9.17) is 21.1 Å². The van der Waals surface area contributed by atoms with Crippen LogP contribution in [0.25, 0.3) is 11.3 Å². The minimum Gasteiger partial charge on any atom is -0.479 e. The molecule has 0 spiro atoms. The van der Waals surface area contributed by atoms with Crippen molar-refractivity contribution in [1.82, 2.24) is 4.57 Å². The number of para-hydroxylation sites is 1. The molecular formula is C22H15BrClF3N2O3. The van der Waals surface area contributed by atoms with Gasteiger partial charge in [0, 0.05) is 10.6 Å². The summed E-state index contributed by atoms with van der Waals surface area (Å²) in [5.41, 5.74) is -1.39. The van der Waals surface area contributed by atoms with Gasteiger partial charge in [0.2, 0.25) is 0 Å². The molecule has 2 aromatic carbocycles. The molecule has 10 heteroatoms. The van der Waals surface area contributed by atoms with Crippen molar-refractivity contribution in [3.63, 3.8) is 0 Å². The molecule has 0 saturated heterocycles. The fraction of sp³-hybridized carbons (Fsp3) is 0.182. The normalized spacial score (nSPS) is 12.2. The molecule has 5 nitrogen and oxygen atoms in total. The van der Waals surface area contributed by atoms with Crippen molar-refractivity contribution in [2.75, 3.05) is 0 Å². The van der Waals surface area contributed by atoms with Gasteiger partial charge in [-0.3, -0.25) is 0 Å². The number of nitriles is 1. The standard InChI is InChI=1S/C22H15BrClF3N2O3/c1-13(32-14-7-3-2-4-8-14)21(30)31-12-29-19(15-9-5-6-10-17(15)24)16(11-28)18(23)20(29)22(25,26)27/h2-10,13H,12H2,1H3. The van der Waals surface area contributed by atoms with Gasteiger partial charge in [0.25, 0.3) is 0 Å². The van der Waals surface area contributed by atoms with Crippen LogP contribution in [-0.4, -0.2) is 16.6 Å². The van der Waals surface area contributed by atoms with Crippen LogP contribution in [0.4, 0.5) is 13.2 Å². The van der Waals surface area contributed by atoms with Crippen molar-refractivity contribution >= 4 is 33.5 Å². The lowest BCUT2D eigenvalue weighted by molar-refractivity contribution is -0.160. The van der Waals surface area contributed by atoms with Crippen LogP contribution in [0.5, 0.6) is 5.75 Å². The number of carbonyl (C=O) groups excluding carboxylic acids is 1. The van der Waals surface area contributed by atoms with Gasteiger partial charge < -0.3 is 14.0 Å². The molecule has 32 heavy (non-hydrogen) atoms. The highest BCUT2D eigenvalue weighted by molar-refractivity contribution is 9.10. The summed E-state index contributed by atoms with van der Waals surface area (Å²) >= 11 is 9.07. The highest BCUT2D eigenvalue weighted by atomic mass is 79.9. The van der Waals surface area contributed by atoms with E-state index in [1.165, 1.54) is 19.1 Å². The lowest BCUT2D eigenvalue weighted by Crippen LogP contribution is -2.28. The lowest BCUT2D eigenvalue weighted by Gasteiger charge is -2.18. The maximum absolute atomic E-state index is 13.9. The average Bonchev–Trinajstić information content (AvgIpc) is 3.04. The Morgan fingerprint density at radius 1 is 1.19 bits per heavy atom. The minimum absolute atomic E-state index is 0.123. The van der Waals surface area contributed by atoms with Crippen LogP contribution < -0.4 is 4.74 Å². The number of hydrogen-bond donors (Lipinski definition) is 0. The van der Waals surface area contributed by atoms with Crippen molar-refractivity contribution in [2.24, 2.45) is 0 Å². The largest absolute Gasteiger partial charge is 0.479 e. The van der Waals surface area contributed by atoms with E-state index in [-0.39, 0.29) is 21.8 Å². The number of hydrogen-bond acceptors (Lipinski definition) is 4. The molecular weight excluding hydrogens is 513 g/mol. The number of aromatic nitrogens is 1. The Morgan fingerprint density at radius 3 is 2.41 bits per heavy atom. The fourth-order valence-electron chi connectivity index (χ4n) is 3.03. The van der Waals surface area contributed by atoms with Crippen LogP contribution in [0.3, 0.4) is 0 Å². The zero-order valence-corrected chi connectivity index (χ0v) is 18.8. The number of nitrogens with zero attached hydrogens (tertiary/aromatic N) is 2. The van der Waals surface area contributed by atoms with Gasteiger partial charge in [-0.2, -0.15) is 18.4 Å². The summed E-state index contributed by atoms with van der Waals surface area (Å²) < 4.78 is 52.4. The van der Waals surface area contributed by atoms with E-state index >= 15 is 0 Å². The van der Waals surface area contributed by atoms with Crippen molar-refractivity contribution in [2.45, 2.75) is 25.9 Å². The molecule has 0 fully saturated rings. The zero-order chi connectivity index (χ0) is 23.5. The Balaban J connectivity index is 1.98.